The third kappa shape index (κ3) is 1.54. The average molecular weight is 206 g/mol. The summed E-state index contributed by atoms with van der Waals surface area (Å²) in [6.07, 6.45) is 0. The molecule has 5 nitrogen and oxygen atoms in total. The van der Waals surface area contributed by atoms with Crippen molar-refractivity contribution < 1.29 is 24.2 Å². The number of carbonyl (C=O) groups is 2. The fourth-order valence-corrected chi connectivity index (χ4v) is 1.28. The number of benzene rings is 1. The summed E-state index contributed by atoms with van der Waals surface area (Å²) in [6, 6.07) is 5.46. The van der Waals surface area contributed by atoms with Crippen LogP contribution in [0.5, 0.6) is 0 Å². The van der Waals surface area contributed by atoms with Gasteiger partial charge in [0.05, 0.1) is 5.56 Å². The Kier molecular flexibility index (Phi) is 1.93. The lowest BCUT2D eigenvalue weighted by molar-refractivity contribution is 0.0661. The van der Waals surface area contributed by atoms with E-state index in [1.165, 1.54) is 24.3 Å². The van der Waals surface area contributed by atoms with E-state index in [9.17, 15) is 9.59 Å². The molecule has 1 aromatic carbocycles. The SMILES string of the molecule is O=C(O)c1ccc2oc(C(=O)O)cc2c1. The molecule has 76 valence electrons. The van der Waals surface area contributed by atoms with E-state index in [4.69, 9.17) is 14.6 Å². The fraction of sp³-hybridized carbons (Fsp3) is 0. The summed E-state index contributed by atoms with van der Waals surface area (Å²) < 4.78 is 4.97. The Labute approximate surface area is 83.5 Å². The molecule has 2 N–H and O–H groups in total. The highest BCUT2D eigenvalue weighted by molar-refractivity contribution is 5.96. The molecule has 15 heavy (non-hydrogen) atoms. The van der Waals surface area contributed by atoms with Gasteiger partial charge < -0.3 is 14.6 Å². The second-order valence-electron chi connectivity index (χ2n) is 2.97. The zero-order chi connectivity index (χ0) is 11.0. The van der Waals surface area contributed by atoms with Crippen molar-refractivity contribution in [2.45, 2.75) is 0 Å². The third-order valence-electron chi connectivity index (χ3n) is 1.97. The monoisotopic (exact) mass is 206 g/mol. The molecule has 0 unspecified atom stereocenters. The standard InChI is InChI=1S/C10H6O5/c11-9(12)5-1-2-7-6(3-5)4-8(15-7)10(13)14/h1-4H,(H,11,12)(H,13,14). The Balaban J connectivity index is 2.62. The molecule has 0 bridgehead atoms. The number of aromatic carboxylic acids is 2. The molecule has 2 rings (SSSR count). The fourth-order valence-electron chi connectivity index (χ4n) is 1.28. The van der Waals surface area contributed by atoms with E-state index in [-0.39, 0.29) is 11.3 Å². The van der Waals surface area contributed by atoms with E-state index in [1.807, 2.05) is 0 Å². The van der Waals surface area contributed by atoms with Crippen LogP contribution < -0.4 is 0 Å². The van der Waals surface area contributed by atoms with Crippen LogP contribution in [0.15, 0.2) is 28.7 Å². The van der Waals surface area contributed by atoms with Crippen molar-refractivity contribution in [1.82, 2.24) is 0 Å². The minimum Gasteiger partial charge on any atom is -0.478 e. The summed E-state index contributed by atoms with van der Waals surface area (Å²) in [4.78, 5) is 21.2. The molecule has 0 amide bonds. The third-order valence-corrected chi connectivity index (χ3v) is 1.97. The first-order valence-electron chi connectivity index (χ1n) is 4.08. The first kappa shape index (κ1) is 9.26. The van der Waals surface area contributed by atoms with E-state index >= 15 is 0 Å². The Hall–Kier alpha value is -2.30. The van der Waals surface area contributed by atoms with Crippen molar-refractivity contribution in [3.8, 4) is 0 Å². The van der Waals surface area contributed by atoms with Gasteiger partial charge in [0.1, 0.15) is 5.58 Å². The average Bonchev–Trinajstić information content (AvgIpc) is 2.59. The van der Waals surface area contributed by atoms with Crippen molar-refractivity contribution >= 4 is 22.9 Å². The van der Waals surface area contributed by atoms with Gasteiger partial charge in [0.2, 0.25) is 5.76 Å². The second kappa shape index (κ2) is 3.13. The molecule has 0 fully saturated rings. The summed E-state index contributed by atoms with van der Waals surface area (Å²) in [7, 11) is 0. The molecule has 0 aliphatic rings. The molecule has 0 radical (unpaired) electrons. The summed E-state index contributed by atoms with van der Waals surface area (Å²) >= 11 is 0. The predicted octanol–water partition coefficient (Wildman–Crippen LogP) is 1.83. The van der Waals surface area contributed by atoms with Gasteiger partial charge in [-0.05, 0) is 24.3 Å². The van der Waals surface area contributed by atoms with Crippen LogP contribution in [0.25, 0.3) is 11.0 Å². The number of hydrogen-bond acceptors (Lipinski definition) is 3. The van der Waals surface area contributed by atoms with E-state index in [1.54, 1.807) is 0 Å². The number of rotatable bonds is 2. The molecule has 2 aromatic rings. The van der Waals surface area contributed by atoms with Crippen LogP contribution in [0.3, 0.4) is 0 Å². The van der Waals surface area contributed by atoms with Crippen molar-refractivity contribution in [3.05, 3.63) is 35.6 Å². The zero-order valence-corrected chi connectivity index (χ0v) is 7.43. The van der Waals surface area contributed by atoms with Crippen LogP contribution in [0, 0.1) is 0 Å². The van der Waals surface area contributed by atoms with Crippen molar-refractivity contribution in [2.24, 2.45) is 0 Å². The molecule has 0 saturated carbocycles. The van der Waals surface area contributed by atoms with Gasteiger partial charge in [0.25, 0.3) is 0 Å². The maximum atomic E-state index is 10.6. The summed E-state index contributed by atoms with van der Waals surface area (Å²) in [5, 5.41) is 17.8. The molecule has 0 aliphatic carbocycles. The van der Waals surface area contributed by atoms with E-state index in [0.29, 0.717) is 11.0 Å². The first-order chi connectivity index (χ1) is 7.08. The van der Waals surface area contributed by atoms with Gasteiger partial charge >= 0.3 is 11.9 Å². The van der Waals surface area contributed by atoms with Crippen molar-refractivity contribution in [2.75, 3.05) is 0 Å². The summed E-state index contributed by atoms with van der Waals surface area (Å²) in [5.74, 6) is -2.44. The number of carboxylic acids is 2. The predicted molar refractivity (Wildman–Crippen MR) is 50.1 cm³/mol. The van der Waals surface area contributed by atoms with Gasteiger partial charge in [0.15, 0.2) is 0 Å². The lowest BCUT2D eigenvalue weighted by Gasteiger charge is -1.92. The van der Waals surface area contributed by atoms with Crippen LogP contribution in [-0.4, -0.2) is 22.2 Å². The number of fused-ring (bicyclic) bond motifs is 1. The van der Waals surface area contributed by atoms with Gasteiger partial charge in [-0.25, -0.2) is 9.59 Å². The molecule has 0 atom stereocenters. The minimum atomic E-state index is -1.18. The van der Waals surface area contributed by atoms with Gasteiger partial charge in [0, 0.05) is 5.39 Å². The van der Waals surface area contributed by atoms with Gasteiger partial charge in [-0.1, -0.05) is 0 Å². The van der Waals surface area contributed by atoms with Crippen LogP contribution in [0.4, 0.5) is 0 Å². The van der Waals surface area contributed by atoms with Crippen LogP contribution >= 0.6 is 0 Å². The molecule has 0 saturated heterocycles. The van der Waals surface area contributed by atoms with E-state index in [0.717, 1.165) is 0 Å². The number of hydrogen-bond donors (Lipinski definition) is 2. The second-order valence-corrected chi connectivity index (χ2v) is 2.97. The first-order valence-corrected chi connectivity index (χ1v) is 4.08. The van der Waals surface area contributed by atoms with Crippen LogP contribution in [0.1, 0.15) is 20.9 Å². The molecule has 5 heteroatoms. The largest absolute Gasteiger partial charge is 0.478 e. The van der Waals surface area contributed by atoms with Gasteiger partial charge in [-0.2, -0.15) is 0 Å². The highest BCUT2D eigenvalue weighted by Crippen LogP contribution is 2.20. The number of carboxylic acid groups (broad SMARTS) is 2. The summed E-state index contributed by atoms with van der Waals surface area (Å²) in [5.41, 5.74) is 0.456. The topological polar surface area (TPSA) is 87.7 Å². The maximum absolute atomic E-state index is 10.6. The molecular weight excluding hydrogens is 200 g/mol. The maximum Gasteiger partial charge on any atom is 0.371 e. The zero-order valence-electron chi connectivity index (χ0n) is 7.43. The van der Waals surface area contributed by atoms with Gasteiger partial charge in [-0.3, -0.25) is 0 Å². The Morgan fingerprint density at radius 1 is 1.07 bits per heavy atom. The highest BCUT2D eigenvalue weighted by Gasteiger charge is 2.11. The molecule has 0 aliphatic heterocycles. The van der Waals surface area contributed by atoms with Crippen molar-refractivity contribution in [3.63, 3.8) is 0 Å². The van der Waals surface area contributed by atoms with Gasteiger partial charge in [-0.15, -0.1) is 0 Å². The van der Waals surface area contributed by atoms with E-state index < -0.39 is 11.9 Å². The highest BCUT2D eigenvalue weighted by atomic mass is 16.4. The summed E-state index contributed by atoms with van der Waals surface area (Å²) in [6.45, 7) is 0. The number of furan rings is 1. The Morgan fingerprint density at radius 2 is 1.80 bits per heavy atom. The normalized spacial score (nSPS) is 10.4. The van der Waals surface area contributed by atoms with E-state index in [2.05, 4.69) is 0 Å². The molecule has 1 heterocycles. The Bertz CT molecular complexity index is 540. The van der Waals surface area contributed by atoms with Crippen molar-refractivity contribution in [1.29, 1.82) is 0 Å². The molecule has 0 spiro atoms. The minimum absolute atomic E-state index is 0.0974. The molecular formula is C10H6O5. The van der Waals surface area contributed by atoms with Crippen LogP contribution in [0.2, 0.25) is 0 Å². The van der Waals surface area contributed by atoms with Crippen LogP contribution in [-0.2, 0) is 0 Å². The molecule has 1 aromatic heterocycles. The smallest absolute Gasteiger partial charge is 0.371 e. The lowest BCUT2D eigenvalue weighted by Crippen LogP contribution is -1.94. The lowest BCUT2D eigenvalue weighted by atomic mass is 10.1. The Morgan fingerprint density at radius 3 is 2.40 bits per heavy atom. The quantitative estimate of drug-likeness (QED) is 0.782.